The van der Waals surface area contributed by atoms with Crippen LogP contribution in [0.3, 0.4) is 0 Å². The standard InChI is InChI=1S/C19H19FN2O3/c1-12-17(15-5-3-4-6-16(15)19(23)24)21-22(11-25-2)18(12)13-7-9-14(20)10-8-13/h3-7,9H,8,10-11H2,1-2H3,(H,23,24). The second-order valence-electron chi connectivity index (χ2n) is 5.90. The third-order valence-electron chi connectivity index (χ3n) is 4.26. The molecule has 1 aromatic heterocycles. The molecule has 6 heteroatoms. The molecule has 5 nitrogen and oxygen atoms in total. The summed E-state index contributed by atoms with van der Waals surface area (Å²) in [4.78, 5) is 11.5. The predicted molar refractivity (Wildman–Crippen MR) is 92.8 cm³/mol. The van der Waals surface area contributed by atoms with Crippen LogP contribution < -0.4 is 0 Å². The molecule has 0 bridgehead atoms. The summed E-state index contributed by atoms with van der Waals surface area (Å²) in [6.07, 6.45) is 4.14. The van der Waals surface area contributed by atoms with Gasteiger partial charge < -0.3 is 9.84 Å². The molecule has 1 N–H and O–H groups in total. The van der Waals surface area contributed by atoms with Crippen molar-refractivity contribution in [2.24, 2.45) is 0 Å². The summed E-state index contributed by atoms with van der Waals surface area (Å²) in [7, 11) is 1.57. The monoisotopic (exact) mass is 342 g/mol. The van der Waals surface area contributed by atoms with Crippen molar-refractivity contribution < 1.29 is 19.0 Å². The van der Waals surface area contributed by atoms with E-state index in [9.17, 15) is 14.3 Å². The number of rotatable bonds is 5. The van der Waals surface area contributed by atoms with Crippen molar-refractivity contribution in [3.8, 4) is 11.3 Å². The predicted octanol–water partition coefficient (Wildman–Crippen LogP) is 4.19. The van der Waals surface area contributed by atoms with Gasteiger partial charge >= 0.3 is 5.97 Å². The Hall–Kier alpha value is -2.73. The van der Waals surface area contributed by atoms with Crippen LogP contribution in [0.1, 0.15) is 34.5 Å². The van der Waals surface area contributed by atoms with Crippen molar-refractivity contribution in [1.29, 1.82) is 0 Å². The van der Waals surface area contributed by atoms with E-state index in [0.29, 0.717) is 24.1 Å². The van der Waals surface area contributed by atoms with Crippen LogP contribution in [-0.4, -0.2) is 28.0 Å². The van der Waals surface area contributed by atoms with Gasteiger partial charge in [-0.25, -0.2) is 13.9 Å². The number of ether oxygens (including phenoxy) is 1. The van der Waals surface area contributed by atoms with Crippen LogP contribution in [-0.2, 0) is 11.5 Å². The molecule has 0 amide bonds. The van der Waals surface area contributed by atoms with Crippen molar-refractivity contribution in [1.82, 2.24) is 9.78 Å². The maximum Gasteiger partial charge on any atom is 0.336 e. The lowest BCUT2D eigenvalue weighted by Gasteiger charge is -2.13. The lowest BCUT2D eigenvalue weighted by Crippen LogP contribution is -2.07. The molecule has 2 aromatic rings. The average Bonchev–Trinajstić information content (AvgIpc) is 2.92. The lowest BCUT2D eigenvalue weighted by atomic mass is 9.95. The number of hydrogen-bond acceptors (Lipinski definition) is 3. The van der Waals surface area contributed by atoms with E-state index in [1.807, 2.05) is 6.92 Å². The van der Waals surface area contributed by atoms with Gasteiger partial charge in [-0.15, -0.1) is 0 Å². The number of benzene rings is 1. The molecule has 0 saturated heterocycles. The summed E-state index contributed by atoms with van der Waals surface area (Å²) >= 11 is 0. The third kappa shape index (κ3) is 3.25. The second-order valence-corrected chi connectivity index (χ2v) is 5.90. The van der Waals surface area contributed by atoms with Gasteiger partial charge in [-0.1, -0.05) is 24.3 Å². The highest BCUT2D eigenvalue weighted by atomic mass is 19.1. The first-order valence-electron chi connectivity index (χ1n) is 7.97. The van der Waals surface area contributed by atoms with Gasteiger partial charge in [-0.2, -0.15) is 5.10 Å². The molecule has 1 aromatic carbocycles. The number of aromatic nitrogens is 2. The Kier molecular flexibility index (Phi) is 4.81. The van der Waals surface area contributed by atoms with Gasteiger partial charge in [-0.3, -0.25) is 0 Å². The minimum Gasteiger partial charge on any atom is -0.478 e. The zero-order valence-corrected chi connectivity index (χ0v) is 14.1. The fraction of sp³-hybridized carbons (Fsp3) is 0.263. The lowest BCUT2D eigenvalue weighted by molar-refractivity contribution is 0.0697. The maximum absolute atomic E-state index is 13.3. The minimum atomic E-state index is -1.00. The topological polar surface area (TPSA) is 64.4 Å². The molecule has 0 aliphatic heterocycles. The number of hydrogen-bond donors (Lipinski definition) is 1. The van der Waals surface area contributed by atoms with Crippen LogP contribution in [0, 0.1) is 6.92 Å². The summed E-state index contributed by atoms with van der Waals surface area (Å²) in [5.41, 5.74) is 4.02. The Balaban J connectivity index is 2.18. The summed E-state index contributed by atoms with van der Waals surface area (Å²) in [5.74, 6) is -1.14. The van der Waals surface area contributed by atoms with Gasteiger partial charge in [0.2, 0.25) is 0 Å². The van der Waals surface area contributed by atoms with Crippen LogP contribution in [0.5, 0.6) is 0 Å². The van der Waals surface area contributed by atoms with Crippen molar-refractivity contribution in [3.63, 3.8) is 0 Å². The number of carbonyl (C=O) groups is 1. The number of carboxylic acid groups (broad SMARTS) is 1. The summed E-state index contributed by atoms with van der Waals surface area (Å²) in [5, 5.41) is 14.0. The van der Waals surface area contributed by atoms with E-state index in [4.69, 9.17) is 4.74 Å². The number of allylic oxidation sites excluding steroid dienone is 4. The summed E-state index contributed by atoms with van der Waals surface area (Å²) < 4.78 is 20.3. The molecule has 0 unspecified atom stereocenters. The maximum atomic E-state index is 13.3. The molecule has 0 saturated carbocycles. The molecule has 3 rings (SSSR count). The van der Waals surface area contributed by atoms with Crippen LogP contribution in [0.25, 0.3) is 16.8 Å². The number of aromatic carboxylic acids is 1. The molecule has 0 spiro atoms. The smallest absolute Gasteiger partial charge is 0.336 e. The molecule has 1 heterocycles. The van der Waals surface area contributed by atoms with E-state index in [1.165, 1.54) is 6.08 Å². The molecule has 1 aliphatic rings. The zero-order valence-electron chi connectivity index (χ0n) is 14.1. The van der Waals surface area contributed by atoms with Gasteiger partial charge in [0.15, 0.2) is 0 Å². The molecule has 130 valence electrons. The molecule has 0 radical (unpaired) electrons. The molecular weight excluding hydrogens is 323 g/mol. The highest BCUT2D eigenvalue weighted by Gasteiger charge is 2.23. The number of methoxy groups -OCH3 is 1. The van der Waals surface area contributed by atoms with E-state index >= 15 is 0 Å². The van der Waals surface area contributed by atoms with E-state index in [2.05, 4.69) is 5.10 Å². The first-order chi connectivity index (χ1) is 12.0. The fourth-order valence-corrected chi connectivity index (χ4v) is 3.11. The van der Waals surface area contributed by atoms with E-state index in [0.717, 1.165) is 16.8 Å². The van der Waals surface area contributed by atoms with Crippen LogP contribution in [0.2, 0.25) is 0 Å². The van der Waals surface area contributed by atoms with Gasteiger partial charge in [0.1, 0.15) is 12.6 Å². The highest BCUT2D eigenvalue weighted by molar-refractivity contribution is 5.96. The largest absolute Gasteiger partial charge is 0.478 e. The minimum absolute atomic E-state index is 0.143. The number of carboxylic acids is 1. The van der Waals surface area contributed by atoms with Gasteiger partial charge in [0.25, 0.3) is 0 Å². The van der Waals surface area contributed by atoms with E-state index < -0.39 is 5.97 Å². The normalized spacial score (nSPS) is 14.2. The van der Waals surface area contributed by atoms with Gasteiger partial charge in [-0.05, 0) is 31.1 Å². The van der Waals surface area contributed by atoms with Crippen molar-refractivity contribution >= 4 is 11.5 Å². The van der Waals surface area contributed by atoms with Crippen LogP contribution in [0.4, 0.5) is 4.39 Å². The van der Waals surface area contributed by atoms with Crippen molar-refractivity contribution in [2.45, 2.75) is 26.5 Å². The zero-order chi connectivity index (χ0) is 18.0. The quantitative estimate of drug-likeness (QED) is 0.885. The van der Waals surface area contributed by atoms with E-state index in [1.54, 1.807) is 42.1 Å². The first kappa shape index (κ1) is 17.1. The van der Waals surface area contributed by atoms with Crippen molar-refractivity contribution in [2.75, 3.05) is 7.11 Å². The molecule has 25 heavy (non-hydrogen) atoms. The van der Waals surface area contributed by atoms with Crippen LogP contribution in [0.15, 0.2) is 42.2 Å². The molecule has 0 atom stereocenters. The average molecular weight is 342 g/mol. The molecule has 1 aliphatic carbocycles. The Morgan fingerprint density at radius 1 is 1.32 bits per heavy atom. The Bertz CT molecular complexity index is 881. The Labute approximate surface area is 145 Å². The fourth-order valence-electron chi connectivity index (χ4n) is 3.11. The summed E-state index contributed by atoms with van der Waals surface area (Å²) in [6, 6.07) is 6.78. The molecular formula is C19H19FN2O3. The Morgan fingerprint density at radius 2 is 2.08 bits per heavy atom. The van der Waals surface area contributed by atoms with Crippen molar-refractivity contribution in [3.05, 3.63) is 59.1 Å². The van der Waals surface area contributed by atoms with Gasteiger partial charge in [0, 0.05) is 24.7 Å². The van der Waals surface area contributed by atoms with Crippen LogP contribution >= 0.6 is 0 Å². The highest BCUT2D eigenvalue weighted by Crippen LogP contribution is 2.35. The Morgan fingerprint density at radius 3 is 2.72 bits per heavy atom. The summed E-state index contributed by atoms with van der Waals surface area (Å²) in [6.45, 7) is 2.13. The second kappa shape index (κ2) is 7.03. The number of halogens is 1. The van der Waals surface area contributed by atoms with Gasteiger partial charge in [0.05, 0.1) is 17.0 Å². The first-order valence-corrected chi connectivity index (χ1v) is 7.97. The SMILES string of the molecule is COCn1nc(-c2ccccc2C(=O)O)c(C)c1C1=CC=C(F)CC1. The number of nitrogens with zero attached hydrogens (tertiary/aromatic N) is 2. The molecule has 0 fully saturated rings. The third-order valence-corrected chi connectivity index (χ3v) is 4.26. The van der Waals surface area contributed by atoms with E-state index in [-0.39, 0.29) is 18.1 Å².